The largest absolute Gasteiger partial charge is 0.338 e. The third-order valence-corrected chi connectivity index (χ3v) is 4.80. The van der Waals surface area contributed by atoms with Crippen molar-refractivity contribution in [2.24, 2.45) is 5.41 Å². The Kier molecular flexibility index (Phi) is 3.40. The Morgan fingerprint density at radius 2 is 2.00 bits per heavy atom. The zero-order valence-electron chi connectivity index (χ0n) is 9.62. The molecule has 1 amide bonds. The van der Waals surface area contributed by atoms with Crippen LogP contribution in [0.2, 0.25) is 0 Å². The highest BCUT2D eigenvalue weighted by atomic mass is 79.9. The number of hydrogen-bond donors (Lipinski definition) is 0. The SMILES string of the molecule is CC1(C)CCN(C(=O)c2ccc(Br)s2)CC1. The Hall–Kier alpha value is -0.350. The van der Waals surface area contributed by atoms with Crippen LogP contribution in [0.5, 0.6) is 0 Å². The number of piperidine rings is 1. The zero-order chi connectivity index (χ0) is 11.8. The van der Waals surface area contributed by atoms with E-state index in [1.54, 1.807) is 0 Å². The van der Waals surface area contributed by atoms with Gasteiger partial charge in [-0.2, -0.15) is 0 Å². The summed E-state index contributed by atoms with van der Waals surface area (Å²) in [4.78, 5) is 15.0. The van der Waals surface area contributed by atoms with E-state index in [9.17, 15) is 4.79 Å². The van der Waals surface area contributed by atoms with Crippen LogP contribution in [0.1, 0.15) is 36.4 Å². The highest BCUT2D eigenvalue weighted by molar-refractivity contribution is 9.11. The van der Waals surface area contributed by atoms with Crippen LogP contribution < -0.4 is 0 Å². The molecule has 1 saturated heterocycles. The average Bonchev–Trinajstić information content (AvgIpc) is 2.64. The number of carbonyl (C=O) groups excluding carboxylic acids is 1. The highest BCUT2D eigenvalue weighted by Crippen LogP contribution is 2.31. The van der Waals surface area contributed by atoms with Crippen LogP contribution in [0.15, 0.2) is 15.9 Å². The number of thiophene rings is 1. The lowest BCUT2D eigenvalue weighted by Crippen LogP contribution is -2.40. The van der Waals surface area contributed by atoms with Crippen LogP contribution >= 0.6 is 27.3 Å². The van der Waals surface area contributed by atoms with Crippen LogP contribution in [0.25, 0.3) is 0 Å². The smallest absolute Gasteiger partial charge is 0.263 e. The first-order valence-electron chi connectivity index (χ1n) is 5.53. The van der Waals surface area contributed by atoms with Gasteiger partial charge in [0, 0.05) is 13.1 Å². The second-order valence-corrected chi connectivity index (χ2v) is 7.52. The normalized spacial score (nSPS) is 19.8. The third-order valence-electron chi connectivity index (χ3n) is 3.19. The molecule has 2 heterocycles. The van der Waals surface area contributed by atoms with Crippen LogP contribution in [0.4, 0.5) is 0 Å². The van der Waals surface area contributed by atoms with Crippen LogP contribution in [-0.4, -0.2) is 23.9 Å². The molecule has 1 fully saturated rings. The van der Waals surface area contributed by atoms with E-state index >= 15 is 0 Å². The summed E-state index contributed by atoms with van der Waals surface area (Å²) in [6.07, 6.45) is 2.20. The maximum Gasteiger partial charge on any atom is 0.263 e. The van der Waals surface area contributed by atoms with Gasteiger partial charge in [0.25, 0.3) is 5.91 Å². The lowest BCUT2D eigenvalue weighted by molar-refractivity contribution is 0.0635. The first-order valence-corrected chi connectivity index (χ1v) is 7.13. The molecule has 4 heteroatoms. The summed E-state index contributed by atoms with van der Waals surface area (Å²) in [7, 11) is 0. The van der Waals surface area contributed by atoms with Crippen LogP contribution in [0, 0.1) is 5.41 Å². The predicted molar refractivity (Wildman–Crippen MR) is 70.9 cm³/mol. The molecular weight excluding hydrogens is 286 g/mol. The van der Waals surface area contributed by atoms with Gasteiger partial charge in [-0.1, -0.05) is 13.8 Å². The summed E-state index contributed by atoms with van der Waals surface area (Å²) in [5.74, 6) is 0.186. The van der Waals surface area contributed by atoms with E-state index in [4.69, 9.17) is 0 Å². The fraction of sp³-hybridized carbons (Fsp3) is 0.583. The van der Waals surface area contributed by atoms with Gasteiger partial charge in [-0.15, -0.1) is 11.3 Å². The highest BCUT2D eigenvalue weighted by Gasteiger charge is 2.28. The van der Waals surface area contributed by atoms with E-state index in [1.807, 2.05) is 17.0 Å². The Bertz CT molecular complexity index is 389. The van der Waals surface area contributed by atoms with Crippen LogP contribution in [-0.2, 0) is 0 Å². The van der Waals surface area contributed by atoms with Gasteiger partial charge in [-0.3, -0.25) is 4.79 Å². The van der Waals surface area contributed by atoms with Gasteiger partial charge in [-0.25, -0.2) is 0 Å². The molecule has 0 atom stereocenters. The molecule has 0 bridgehead atoms. The number of amides is 1. The molecule has 1 aromatic heterocycles. The van der Waals surface area contributed by atoms with E-state index in [0.29, 0.717) is 5.41 Å². The second kappa shape index (κ2) is 4.49. The quantitative estimate of drug-likeness (QED) is 0.773. The van der Waals surface area contributed by atoms with Crippen molar-refractivity contribution in [1.82, 2.24) is 4.90 Å². The summed E-state index contributed by atoms with van der Waals surface area (Å²) in [6, 6.07) is 3.84. The van der Waals surface area contributed by atoms with Gasteiger partial charge >= 0.3 is 0 Å². The lowest BCUT2D eigenvalue weighted by Gasteiger charge is -2.36. The Labute approximate surface area is 109 Å². The van der Waals surface area contributed by atoms with Crippen LogP contribution in [0.3, 0.4) is 0 Å². The summed E-state index contributed by atoms with van der Waals surface area (Å²) >= 11 is 4.91. The van der Waals surface area contributed by atoms with E-state index in [0.717, 1.165) is 34.6 Å². The topological polar surface area (TPSA) is 20.3 Å². The molecule has 0 spiro atoms. The molecule has 2 nitrogen and oxygen atoms in total. The molecule has 0 N–H and O–H groups in total. The first kappa shape index (κ1) is 12.1. The van der Waals surface area contributed by atoms with E-state index < -0.39 is 0 Å². The Morgan fingerprint density at radius 1 is 1.38 bits per heavy atom. The van der Waals surface area contributed by atoms with Gasteiger partial charge < -0.3 is 4.90 Å². The van der Waals surface area contributed by atoms with Crippen molar-refractivity contribution in [3.05, 3.63) is 20.8 Å². The summed E-state index contributed by atoms with van der Waals surface area (Å²) in [6.45, 7) is 6.33. The maximum absolute atomic E-state index is 12.1. The third kappa shape index (κ3) is 2.66. The minimum absolute atomic E-state index is 0.186. The molecule has 0 saturated carbocycles. The summed E-state index contributed by atoms with van der Waals surface area (Å²) in [5.41, 5.74) is 0.396. The number of likely N-dealkylation sites (tertiary alicyclic amines) is 1. The van der Waals surface area contributed by atoms with Crippen molar-refractivity contribution in [2.45, 2.75) is 26.7 Å². The molecule has 1 aliphatic heterocycles. The fourth-order valence-electron chi connectivity index (χ4n) is 1.90. The molecule has 88 valence electrons. The van der Waals surface area contributed by atoms with Crippen molar-refractivity contribution in [3.8, 4) is 0 Å². The monoisotopic (exact) mass is 301 g/mol. The van der Waals surface area contributed by atoms with Gasteiger partial charge in [0.15, 0.2) is 0 Å². The minimum Gasteiger partial charge on any atom is -0.338 e. The van der Waals surface area contributed by atoms with E-state index in [-0.39, 0.29) is 5.91 Å². The molecule has 0 unspecified atom stereocenters. The number of hydrogen-bond acceptors (Lipinski definition) is 2. The molecule has 2 rings (SSSR count). The van der Waals surface area contributed by atoms with Gasteiger partial charge in [0.2, 0.25) is 0 Å². The van der Waals surface area contributed by atoms with Crippen molar-refractivity contribution in [3.63, 3.8) is 0 Å². The van der Waals surface area contributed by atoms with Crippen molar-refractivity contribution in [1.29, 1.82) is 0 Å². The van der Waals surface area contributed by atoms with Crippen molar-refractivity contribution >= 4 is 33.2 Å². The van der Waals surface area contributed by atoms with Crippen molar-refractivity contribution < 1.29 is 4.79 Å². The molecule has 1 aromatic rings. The maximum atomic E-state index is 12.1. The molecular formula is C12H16BrNOS. The predicted octanol–water partition coefficient (Wildman–Crippen LogP) is 3.77. The van der Waals surface area contributed by atoms with Gasteiger partial charge in [0.1, 0.15) is 0 Å². The lowest BCUT2D eigenvalue weighted by atomic mass is 9.82. The summed E-state index contributed by atoms with van der Waals surface area (Å²) in [5, 5.41) is 0. The van der Waals surface area contributed by atoms with E-state index in [2.05, 4.69) is 29.8 Å². The van der Waals surface area contributed by atoms with Gasteiger partial charge in [-0.05, 0) is 46.3 Å². The number of halogens is 1. The minimum atomic E-state index is 0.186. The molecule has 16 heavy (non-hydrogen) atoms. The molecule has 0 aromatic carbocycles. The van der Waals surface area contributed by atoms with E-state index in [1.165, 1.54) is 11.3 Å². The Morgan fingerprint density at radius 3 is 2.50 bits per heavy atom. The second-order valence-electron chi connectivity index (χ2n) is 5.06. The standard InChI is InChI=1S/C12H16BrNOS/c1-12(2)5-7-14(8-6-12)11(15)9-3-4-10(13)16-9/h3-4H,5-8H2,1-2H3. The molecule has 1 aliphatic rings. The number of carbonyl (C=O) groups is 1. The Balaban J connectivity index is 2.02. The molecule has 0 aliphatic carbocycles. The molecule has 0 radical (unpaired) electrons. The average molecular weight is 302 g/mol. The summed E-state index contributed by atoms with van der Waals surface area (Å²) < 4.78 is 1.02. The number of rotatable bonds is 1. The van der Waals surface area contributed by atoms with Crippen molar-refractivity contribution in [2.75, 3.05) is 13.1 Å². The van der Waals surface area contributed by atoms with Gasteiger partial charge in [0.05, 0.1) is 8.66 Å². The zero-order valence-corrected chi connectivity index (χ0v) is 12.0. The first-order chi connectivity index (χ1) is 7.48. The fourth-order valence-corrected chi connectivity index (χ4v) is 3.25. The number of nitrogens with zero attached hydrogens (tertiary/aromatic N) is 1.